The van der Waals surface area contributed by atoms with Gasteiger partial charge < -0.3 is 4.57 Å². The molecule has 0 spiro atoms. The Labute approximate surface area is 112 Å². The fourth-order valence-electron chi connectivity index (χ4n) is 2.59. The summed E-state index contributed by atoms with van der Waals surface area (Å²) in [4.78, 5) is 0. The molecule has 19 heavy (non-hydrogen) atoms. The van der Waals surface area contributed by atoms with Gasteiger partial charge in [-0.3, -0.25) is 0 Å². The molecule has 0 saturated carbocycles. The number of hydrogen-bond donors (Lipinski definition) is 0. The molecular formula is C17H16FN. The van der Waals surface area contributed by atoms with E-state index in [1.165, 1.54) is 28.6 Å². The Bertz CT molecular complexity index is 723. The first-order chi connectivity index (χ1) is 9.19. The highest BCUT2D eigenvalue weighted by atomic mass is 19.1. The van der Waals surface area contributed by atoms with E-state index in [0.29, 0.717) is 0 Å². The van der Waals surface area contributed by atoms with Gasteiger partial charge in [0.2, 0.25) is 0 Å². The van der Waals surface area contributed by atoms with Crippen molar-refractivity contribution in [1.82, 2.24) is 4.57 Å². The van der Waals surface area contributed by atoms with Crippen molar-refractivity contribution in [3.63, 3.8) is 0 Å². The van der Waals surface area contributed by atoms with Gasteiger partial charge in [-0.15, -0.1) is 0 Å². The highest BCUT2D eigenvalue weighted by Crippen LogP contribution is 2.29. The number of halogens is 1. The second-order valence-corrected chi connectivity index (χ2v) is 4.84. The number of aryl methyl sites for hydroxylation is 2. The fourth-order valence-corrected chi connectivity index (χ4v) is 2.59. The smallest absolute Gasteiger partial charge is 0.123 e. The molecule has 0 aliphatic rings. The highest BCUT2D eigenvalue weighted by Gasteiger charge is 2.09. The lowest BCUT2D eigenvalue weighted by Gasteiger charge is -2.08. The number of nitrogens with zero attached hydrogens (tertiary/aromatic N) is 1. The van der Waals surface area contributed by atoms with Crippen LogP contribution in [0.5, 0.6) is 0 Å². The van der Waals surface area contributed by atoms with Gasteiger partial charge in [0.25, 0.3) is 0 Å². The Morgan fingerprint density at radius 2 is 1.74 bits per heavy atom. The molecule has 0 amide bonds. The predicted octanol–water partition coefficient (Wildman–Crippen LogP) is 4.78. The second kappa shape index (κ2) is 4.54. The Hall–Kier alpha value is -2.09. The van der Waals surface area contributed by atoms with Crippen molar-refractivity contribution in [3.05, 3.63) is 59.9 Å². The summed E-state index contributed by atoms with van der Waals surface area (Å²) < 4.78 is 15.3. The Morgan fingerprint density at radius 3 is 2.42 bits per heavy atom. The van der Waals surface area contributed by atoms with Crippen molar-refractivity contribution in [2.45, 2.75) is 20.4 Å². The molecule has 0 aliphatic carbocycles. The fraction of sp³-hybridized carbons (Fsp3) is 0.176. The molecule has 0 fully saturated rings. The number of fused-ring (bicyclic) bond motifs is 1. The molecule has 0 N–H and O–H groups in total. The van der Waals surface area contributed by atoms with Crippen LogP contribution in [0.4, 0.5) is 4.39 Å². The molecule has 2 aromatic carbocycles. The second-order valence-electron chi connectivity index (χ2n) is 4.84. The summed E-state index contributed by atoms with van der Waals surface area (Å²) in [5.74, 6) is -0.196. The molecular weight excluding hydrogens is 237 g/mol. The van der Waals surface area contributed by atoms with Crippen molar-refractivity contribution in [3.8, 4) is 11.3 Å². The summed E-state index contributed by atoms with van der Waals surface area (Å²) in [7, 11) is 0. The third kappa shape index (κ3) is 2.03. The minimum atomic E-state index is -0.196. The van der Waals surface area contributed by atoms with Crippen LogP contribution in [0.2, 0.25) is 0 Å². The van der Waals surface area contributed by atoms with Gasteiger partial charge in [-0.1, -0.05) is 11.6 Å². The molecule has 96 valence electrons. The number of hydrogen-bond acceptors (Lipinski definition) is 0. The molecule has 3 aromatic rings. The van der Waals surface area contributed by atoms with Crippen molar-refractivity contribution < 1.29 is 4.39 Å². The van der Waals surface area contributed by atoms with Crippen molar-refractivity contribution >= 4 is 10.9 Å². The van der Waals surface area contributed by atoms with Gasteiger partial charge in [-0.05, 0) is 61.9 Å². The number of rotatable bonds is 2. The topological polar surface area (TPSA) is 4.93 Å². The standard InChI is InChI=1S/C17H16FN/c1-3-19-16-9-4-12(2)10-14(16)11-17(19)13-5-7-15(18)8-6-13/h4-11H,3H2,1-2H3. The Balaban J connectivity index is 2.25. The van der Waals surface area contributed by atoms with Crippen LogP contribution in [0, 0.1) is 12.7 Å². The van der Waals surface area contributed by atoms with E-state index in [1.54, 1.807) is 0 Å². The molecule has 0 aliphatic heterocycles. The summed E-state index contributed by atoms with van der Waals surface area (Å²) in [6, 6.07) is 15.3. The van der Waals surface area contributed by atoms with Crippen LogP contribution in [0.15, 0.2) is 48.5 Å². The van der Waals surface area contributed by atoms with Crippen LogP contribution >= 0.6 is 0 Å². The van der Waals surface area contributed by atoms with E-state index >= 15 is 0 Å². The molecule has 0 saturated heterocycles. The maximum absolute atomic E-state index is 13.0. The maximum atomic E-state index is 13.0. The van der Waals surface area contributed by atoms with Gasteiger partial charge in [0.05, 0.1) is 0 Å². The van der Waals surface area contributed by atoms with E-state index in [2.05, 4.69) is 42.7 Å². The largest absolute Gasteiger partial charge is 0.341 e. The van der Waals surface area contributed by atoms with Crippen molar-refractivity contribution in [2.75, 3.05) is 0 Å². The Morgan fingerprint density at radius 1 is 1.00 bits per heavy atom. The van der Waals surface area contributed by atoms with Gasteiger partial charge in [0, 0.05) is 23.1 Å². The minimum absolute atomic E-state index is 0.196. The van der Waals surface area contributed by atoms with Crippen LogP contribution in [-0.4, -0.2) is 4.57 Å². The van der Waals surface area contributed by atoms with Crippen LogP contribution in [0.1, 0.15) is 12.5 Å². The van der Waals surface area contributed by atoms with Crippen LogP contribution in [-0.2, 0) is 6.54 Å². The first kappa shape index (κ1) is 12.0. The van der Waals surface area contributed by atoms with Gasteiger partial charge in [0.15, 0.2) is 0 Å². The monoisotopic (exact) mass is 253 g/mol. The van der Waals surface area contributed by atoms with Gasteiger partial charge in [-0.2, -0.15) is 0 Å². The zero-order valence-corrected chi connectivity index (χ0v) is 11.2. The molecule has 1 aromatic heterocycles. The lowest BCUT2D eigenvalue weighted by atomic mass is 10.1. The van der Waals surface area contributed by atoms with Gasteiger partial charge >= 0.3 is 0 Å². The SMILES string of the molecule is CCn1c(-c2ccc(F)cc2)cc2cc(C)ccc21. The molecule has 0 bridgehead atoms. The molecule has 3 rings (SSSR count). The first-order valence-corrected chi connectivity index (χ1v) is 6.55. The molecule has 1 heterocycles. The summed E-state index contributed by atoms with van der Waals surface area (Å²) in [5, 5.41) is 1.24. The van der Waals surface area contributed by atoms with Crippen LogP contribution < -0.4 is 0 Å². The minimum Gasteiger partial charge on any atom is -0.341 e. The van der Waals surface area contributed by atoms with Crippen LogP contribution in [0.25, 0.3) is 22.2 Å². The quantitative estimate of drug-likeness (QED) is 0.619. The molecule has 1 nitrogen and oxygen atoms in total. The molecule has 0 unspecified atom stereocenters. The lowest BCUT2D eigenvalue weighted by molar-refractivity contribution is 0.628. The van der Waals surface area contributed by atoms with E-state index in [-0.39, 0.29) is 5.82 Å². The van der Waals surface area contributed by atoms with Crippen LogP contribution in [0.3, 0.4) is 0 Å². The number of aromatic nitrogens is 1. The van der Waals surface area contributed by atoms with Crippen molar-refractivity contribution in [2.24, 2.45) is 0 Å². The van der Waals surface area contributed by atoms with E-state index in [9.17, 15) is 4.39 Å². The van der Waals surface area contributed by atoms with E-state index in [4.69, 9.17) is 0 Å². The summed E-state index contributed by atoms with van der Waals surface area (Å²) in [6.07, 6.45) is 0. The Kier molecular flexibility index (Phi) is 2.86. The zero-order valence-electron chi connectivity index (χ0n) is 11.2. The number of benzene rings is 2. The zero-order chi connectivity index (χ0) is 13.4. The van der Waals surface area contributed by atoms with E-state index < -0.39 is 0 Å². The normalized spacial score (nSPS) is 11.1. The average molecular weight is 253 g/mol. The summed E-state index contributed by atoms with van der Waals surface area (Å²) in [6.45, 7) is 5.13. The molecule has 0 radical (unpaired) electrons. The molecule has 2 heteroatoms. The predicted molar refractivity (Wildman–Crippen MR) is 77.7 cm³/mol. The first-order valence-electron chi connectivity index (χ1n) is 6.55. The third-order valence-corrected chi connectivity index (χ3v) is 3.51. The van der Waals surface area contributed by atoms with E-state index in [0.717, 1.165) is 17.8 Å². The maximum Gasteiger partial charge on any atom is 0.123 e. The van der Waals surface area contributed by atoms with Gasteiger partial charge in [0.1, 0.15) is 5.82 Å². The lowest BCUT2D eigenvalue weighted by Crippen LogP contribution is -1.96. The third-order valence-electron chi connectivity index (χ3n) is 3.51. The van der Waals surface area contributed by atoms with E-state index in [1.807, 2.05) is 12.1 Å². The average Bonchev–Trinajstić information content (AvgIpc) is 2.77. The van der Waals surface area contributed by atoms with Crippen molar-refractivity contribution in [1.29, 1.82) is 0 Å². The molecule has 0 atom stereocenters. The summed E-state index contributed by atoms with van der Waals surface area (Å²) >= 11 is 0. The van der Waals surface area contributed by atoms with Gasteiger partial charge in [-0.25, -0.2) is 4.39 Å². The highest BCUT2D eigenvalue weighted by molar-refractivity contribution is 5.87. The summed E-state index contributed by atoms with van der Waals surface area (Å²) in [5.41, 5.74) is 4.68.